The molecule has 0 saturated heterocycles. The normalized spacial score (nSPS) is 12.6. The first-order valence-electron chi connectivity index (χ1n) is 12.6. The molecule has 0 bridgehead atoms. The molecule has 0 fully saturated rings. The van der Waals surface area contributed by atoms with E-state index < -0.39 is 41.8 Å². The fraction of sp³-hybridized carbons (Fsp3) is 0.444. The minimum absolute atomic E-state index is 0.0955. The number of carbonyl (C=O) groups excluding carboxylic acids is 4. The molecule has 3 atom stereocenters. The molecule has 3 amide bonds. The van der Waals surface area contributed by atoms with Crippen molar-refractivity contribution in [1.82, 2.24) is 16.0 Å². The van der Waals surface area contributed by atoms with Crippen LogP contribution in [0.2, 0.25) is 0 Å². The summed E-state index contributed by atoms with van der Waals surface area (Å²) in [4.78, 5) is 54.4. The largest absolute Gasteiger partial charge is 0.490 e. The van der Waals surface area contributed by atoms with Gasteiger partial charge in [0.25, 0.3) is 0 Å². The van der Waals surface area contributed by atoms with Gasteiger partial charge in [-0.3, -0.25) is 19.4 Å². The minimum Gasteiger partial charge on any atom is -0.490 e. The summed E-state index contributed by atoms with van der Waals surface area (Å²) in [6.45, 7) is 9.12. The molecule has 12 heteroatoms. The van der Waals surface area contributed by atoms with Crippen LogP contribution in [0.5, 0.6) is 5.75 Å². The molecule has 0 radical (unpaired) electrons. The van der Waals surface area contributed by atoms with Crippen molar-refractivity contribution in [2.24, 2.45) is 16.5 Å². The Hall–Kier alpha value is -4.35. The number of amides is 3. The second-order valence-corrected chi connectivity index (χ2v) is 8.66. The van der Waals surface area contributed by atoms with Crippen LogP contribution in [0.1, 0.15) is 38.2 Å². The van der Waals surface area contributed by atoms with Crippen LogP contribution in [0.15, 0.2) is 54.6 Å². The summed E-state index contributed by atoms with van der Waals surface area (Å²) >= 11 is 0. The minimum atomic E-state index is -1.03. The topological polar surface area (TPSA) is 187 Å². The number of nitrogens with two attached hydrogens (primary N) is 2. The van der Waals surface area contributed by atoms with Gasteiger partial charge in [-0.1, -0.05) is 30.9 Å². The first-order chi connectivity index (χ1) is 18.6. The number of allylic oxidation sites excluding steroid dienone is 1. The average molecular weight is 545 g/mol. The van der Waals surface area contributed by atoms with E-state index in [0.29, 0.717) is 25.2 Å². The van der Waals surface area contributed by atoms with Gasteiger partial charge < -0.3 is 36.9 Å². The summed E-state index contributed by atoms with van der Waals surface area (Å²) in [6.07, 6.45) is 4.68. The van der Waals surface area contributed by atoms with Crippen molar-refractivity contribution >= 4 is 29.7 Å². The maximum absolute atomic E-state index is 13.3. The van der Waals surface area contributed by atoms with Gasteiger partial charge >= 0.3 is 5.97 Å². The summed E-state index contributed by atoms with van der Waals surface area (Å²) in [5.41, 5.74) is 11.5. The number of nitrogens with one attached hydrogen (secondary N) is 3. The molecule has 0 heterocycles. The Bertz CT molecular complexity index is 1010. The lowest BCUT2D eigenvalue weighted by atomic mass is 10.0. The predicted molar refractivity (Wildman–Crippen MR) is 149 cm³/mol. The number of methoxy groups -OCH3 is 1. The molecule has 0 aromatic heterocycles. The Morgan fingerprint density at radius 3 is 2.15 bits per heavy atom. The summed E-state index contributed by atoms with van der Waals surface area (Å²) in [7, 11) is 1.22. The maximum atomic E-state index is 13.3. The molecule has 0 saturated carbocycles. The van der Waals surface area contributed by atoms with Gasteiger partial charge in [-0.15, -0.1) is 6.58 Å². The Morgan fingerprint density at radius 2 is 1.59 bits per heavy atom. The molecule has 0 aliphatic rings. The first kappa shape index (κ1) is 32.7. The molecule has 0 aliphatic carbocycles. The molecule has 7 N–H and O–H groups in total. The highest BCUT2D eigenvalue weighted by molar-refractivity contribution is 5.93. The van der Waals surface area contributed by atoms with E-state index in [1.54, 1.807) is 36.4 Å². The molecule has 0 aliphatic heterocycles. The van der Waals surface area contributed by atoms with Crippen LogP contribution in [-0.4, -0.2) is 68.0 Å². The highest BCUT2D eigenvalue weighted by Gasteiger charge is 2.29. The Balaban J connectivity index is 3.07. The fourth-order valence-electron chi connectivity index (χ4n) is 3.56. The number of rotatable bonds is 18. The van der Waals surface area contributed by atoms with Crippen molar-refractivity contribution in [3.05, 3.63) is 55.1 Å². The van der Waals surface area contributed by atoms with Crippen molar-refractivity contribution in [2.45, 2.75) is 57.2 Å². The van der Waals surface area contributed by atoms with Gasteiger partial charge in [0, 0.05) is 19.9 Å². The van der Waals surface area contributed by atoms with E-state index in [0.717, 1.165) is 5.56 Å². The molecule has 39 heavy (non-hydrogen) atoms. The predicted octanol–water partition coefficient (Wildman–Crippen LogP) is 0.461. The number of hydrogen-bond donors (Lipinski definition) is 5. The van der Waals surface area contributed by atoms with E-state index in [1.165, 1.54) is 14.0 Å². The van der Waals surface area contributed by atoms with E-state index in [2.05, 4.69) is 34.1 Å². The van der Waals surface area contributed by atoms with Crippen molar-refractivity contribution in [3.63, 3.8) is 0 Å². The highest BCUT2D eigenvalue weighted by atomic mass is 16.5. The number of benzene rings is 1. The number of nitrogens with zero attached hydrogens (tertiary/aromatic N) is 1. The van der Waals surface area contributed by atoms with E-state index in [9.17, 15) is 19.2 Å². The molecule has 1 aromatic carbocycles. The quantitative estimate of drug-likeness (QED) is 0.0579. The van der Waals surface area contributed by atoms with Crippen molar-refractivity contribution in [1.29, 1.82) is 0 Å². The zero-order chi connectivity index (χ0) is 29.2. The van der Waals surface area contributed by atoms with Gasteiger partial charge in [0.05, 0.1) is 7.11 Å². The lowest BCUT2D eigenvalue weighted by Crippen LogP contribution is -2.56. The Morgan fingerprint density at radius 1 is 0.949 bits per heavy atom. The summed E-state index contributed by atoms with van der Waals surface area (Å²) < 4.78 is 10.3. The number of hydrogen-bond acceptors (Lipinski definition) is 7. The van der Waals surface area contributed by atoms with Crippen LogP contribution in [0.3, 0.4) is 0 Å². The van der Waals surface area contributed by atoms with E-state index in [4.69, 9.17) is 20.9 Å². The SMILES string of the molecule is C=CCCC(NC(=O)[C@H](CCCN=C(N)N)NC(=O)[C@H](Cc1ccc(OCC=C)cc1)NC(C)=O)C(=O)OC. The lowest BCUT2D eigenvalue weighted by molar-refractivity contribution is -0.145. The number of ether oxygens (including phenoxy) is 2. The average Bonchev–Trinajstić information content (AvgIpc) is 2.90. The van der Waals surface area contributed by atoms with Crippen molar-refractivity contribution < 1.29 is 28.7 Å². The fourth-order valence-corrected chi connectivity index (χ4v) is 3.56. The first-order valence-corrected chi connectivity index (χ1v) is 12.6. The van der Waals surface area contributed by atoms with Crippen LogP contribution in [0, 0.1) is 0 Å². The van der Waals surface area contributed by atoms with Gasteiger partial charge in [-0.25, -0.2) is 4.79 Å². The van der Waals surface area contributed by atoms with Gasteiger partial charge in [-0.2, -0.15) is 0 Å². The molecule has 0 spiro atoms. The number of guanidine groups is 1. The number of esters is 1. The monoisotopic (exact) mass is 544 g/mol. The number of aliphatic imine (C=N–C) groups is 1. The molecule has 1 rings (SSSR count). The van der Waals surface area contributed by atoms with Crippen molar-refractivity contribution in [3.8, 4) is 5.75 Å². The highest BCUT2D eigenvalue weighted by Crippen LogP contribution is 2.14. The van der Waals surface area contributed by atoms with Crippen LogP contribution >= 0.6 is 0 Å². The third-order valence-electron chi connectivity index (χ3n) is 5.46. The van der Waals surface area contributed by atoms with Gasteiger partial charge in [-0.05, 0) is 43.4 Å². The summed E-state index contributed by atoms with van der Waals surface area (Å²) in [5, 5.41) is 7.98. The summed E-state index contributed by atoms with van der Waals surface area (Å²) in [5.74, 6) is -1.65. The maximum Gasteiger partial charge on any atom is 0.328 e. The Kier molecular flexibility index (Phi) is 15.1. The van der Waals surface area contributed by atoms with Crippen LogP contribution < -0.4 is 32.2 Å². The van der Waals surface area contributed by atoms with Crippen LogP contribution in [0.25, 0.3) is 0 Å². The molecular formula is C27H40N6O6. The van der Waals surface area contributed by atoms with Gasteiger partial charge in [0.1, 0.15) is 30.5 Å². The second-order valence-electron chi connectivity index (χ2n) is 8.66. The standard InChI is InChI=1S/C27H40N6O6/c1-5-7-9-22(26(37)38-4)33-24(35)21(10-8-15-30-27(28)29)32-25(36)23(31-18(3)34)17-19-11-13-20(14-12-19)39-16-6-2/h5-6,11-14,21-23H,1-2,7-10,15-17H2,3-4H3,(H,31,34)(H,32,36)(H,33,35)(H4,28,29,30)/t21-,22?,23-/m0/s1. The smallest absolute Gasteiger partial charge is 0.328 e. The third-order valence-corrected chi connectivity index (χ3v) is 5.46. The molecular weight excluding hydrogens is 504 g/mol. The second kappa shape index (κ2) is 18.0. The summed E-state index contributed by atoms with van der Waals surface area (Å²) in [6, 6.07) is 4.13. The van der Waals surface area contributed by atoms with E-state index >= 15 is 0 Å². The molecule has 1 aromatic rings. The van der Waals surface area contributed by atoms with Crippen molar-refractivity contribution in [2.75, 3.05) is 20.3 Å². The zero-order valence-corrected chi connectivity index (χ0v) is 22.6. The van der Waals surface area contributed by atoms with E-state index in [1.807, 2.05) is 0 Å². The van der Waals surface area contributed by atoms with Gasteiger partial charge in [0.2, 0.25) is 17.7 Å². The third kappa shape index (κ3) is 13.1. The molecule has 12 nitrogen and oxygen atoms in total. The molecule has 1 unspecified atom stereocenters. The van der Waals surface area contributed by atoms with Gasteiger partial charge in [0.15, 0.2) is 5.96 Å². The lowest BCUT2D eigenvalue weighted by Gasteiger charge is -2.25. The van der Waals surface area contributed by atoms with Crippen LogP contribution in [0.4, 0.5) is 0 Å². The molecule has 214 valence electrons. The number of carbonyl (C=O) groups is 4. The zero-order valence-electron chi connectivity index (χ0n) is 22.6. The Labute approximate surface area is 229 Å². The van der Waals surface area contributed by atoms with Crippen LogP contribution in [-0.2, 0) is 30.3 Å². The van der Waals surface area contributed by atoms with E-state index in [-0.39, 0.29) is 31.8 Å².